The van der Waals surface area contributed by atoms with E-state index in [1.807, 2.05) is 44.4 Å². The maximum absolute atomic E-state index is 14.7. The molecule has 240 valence electrons. The van der Waals surface area contributed by atoms with Crippen LogP contribution in [-0.2, 0) is 4.79 Å². The van der Waals surface area contributed by atoms with Crippen molar-refractivity contribution in [1.29, 1.82) is 0 Å². The van der Waals surface area contributed by atoms with Crippen molar-refractivity contribution >= 4 is 39.3 Å². The Bertz CT molecular complexity index is 2050. The fourth-order valence-corrected chi connectivity index (χ4v) is 5.97. The van der Waals surface area contributed by atoms with Crippen molar-refractivity contribution in [3.8, 4) is 34.0 Å². The maximum atomic E-state index is 14.7. The third kappa shape index (κ3) is 6.81. The Balaban J connectivity index is 1.16. The van der Waals surface area contributed by atoms with Gasteiger partial charge in [0.25, 0.3) is 0 Å². The summed E-state index contributed by atoms with van der Waals surface area (Å²) < 4.78 is 14.7. The summed E-state index contributed by atoms with van der Waals surface area (Å²) in [5.41, 5.74) is 6.10. The number of amides is 1. The maximum Gasteiger partial charge on any atom is 0.225 e. The second-order valence-corrected chi connectivity index (χ2v) is 12.2. The number of nitrogens with zero attached hydrogens (tertiary/aromatic N) is 6. The Morgan fingerprint density at radius 2 is 1.87 bits per heavy atom. The number of carbonyl (C=O) groups is 1. The SMILES string of the molecule is CN(C)CCNc1cc(F)cc(-c2nccc3[nH]c(-c4n[nH]c5ccc(-c6cncc(NC(=O)CC7CCNCC7)n6)cc45)nc23)c1. The van der Waals surface area contributed by atoms with Gasteiger partial charge in [-0.25, -0.2) is 14.4 Å². The lowest BCUT2D eigenvalue weighted by atomic mass is 9.94. The van der Waals surface area contributed by atoms with Crippen LogP contribution < -0.4 is 16.0 Å². The van der Waals surface area contributed by atoms with Gasteiger partial charge in [-0.15, -0.1) is 0 Å². The number of nitrogens with one attached hydrogen (secondary N) is 5. The summed E-state index contributed by atoms with van der Waals surface area (Å²) in [4.78, 5) is 36.6. The number of aromatic nitrogens is 7. The fraction of sp³-hybridized carbons (Fsp3) is 0.294. The van der Waals surface area contributed by atoms with Crippen LogP contribution in [0.4, 0.5) is 15.9 Å². The van der Waals surface area contributed by atoms with Gasteiger partial charge in [-0.05, 0) is 82.3 Å². The van der Waals surface area contributed by atoms with Crippen molar-refractivity contribution in [2.45, 2.75) is 19.3 Å². The Hall–Kier alpha value is -5.27. The Morgan fingerprint density at radius 3 is 2.72 bits per heavy atom. The minimum atomic E-state index is -0.358. The number of carbonyl (C=O) groups excluding carboxylic acids is 1. The molecule has 1 aliphatic heterocycles. The molecule has 1 fully saturated rings. The van der Waals surface area contributed by atoms with Crippen LogP contribution in [0.25, 0.3) is 56.0 Å². The predicted molar refractivity (Wildman–Crippen MR) is 181 cm³/mol. The molecular formula is C34H36FN11O. The highest BCUT2D eigenvalue weighted by Gasteiger charge is 2.19. The van der Waals surface area contributed by atoms with Crippen LogP contribution in [0.1, 0.15) is 19.3 Å². The second-order valence-electron chi connectivity index (χ2n) is 12.2. The summed E-state index contributed by atoms with van der Waals surface area (Å²) in [6.07, 6.45) is 7.38. The smallest absolute Gasteiger partial charge is 0.225 e. The van der Waals surface area contributed by atoms with Gasteiger partial charge in [0, 0.05) is 47.9 Å². The third-order valence-electron chi connectivity index (χ3n) is 8.38. The summed E-state index contributed by atoms with van der Waals surface area (Å²) in [6, 6.07) is 12.5. The van der Waals surface area contributed by atoms with Crippen molar-refractivity contribution in [2.75, 3.05) is 50.9 Å². The van der Waals surface area contributed by atoms with Gasteiger partial charge in [-0.1, -0.05) is 6.07 Å². The molecule has 0 unspecified atom stereocenters. The quantitative estimate of drug-likeness (QED) is 0.139. The second kappa shape index (κ2) is 13.2. The molecule has 5 heterocycles. The van der Waals surface area contributed by atoms with Crippen molar-refractivity contribution in [3.05, 3.63) is 66.9 Å². The summed E-state index contributed by atoms with van der Waals surface area (Å²) in [6.45, 7) is 3.38. The van der Waals surface area contributed by atoms with Gasteiger partial charge in [-0.2, -0.15) is 5.10 Å². The zero-order valence-corrected chi connectivity index (χ0v) is 26.3. The number of imidazole rings is 1. The number of hydrogen-bond donors (Lipinski definition) is 5. The molecule has 4 aromatic heterocycles. The van der Waals surface area contributed by atoms with E-state index in [9.17, 15) is 9.18 Å². The lowest BCUT2D eigenvalue weighted by Gasteiger charge is -2.21. The van der Waals surface area contributed by atoms with Gasteiger partial charge >= 0.3 is 0 Å². The van der Waals surface area contributed by atoms with E-state index in [4.69, 9.17) is 4.98 Å². The first kappa shape index (κ1) is 30.4. The van der Waals surface area contributed by atoms with E-state index in [0.29, 0.717) is 64.4 Å². The number of likely N-dealkylation sites (N-methyl/N-ethyl adjacent to an activating group) is 1. The summed E-state index contributed by atoms with van der Waals surface area (Å²) in [5.74, 6) is 0.928. The zero-order valence-electron chi connectivity index (χ0n) is 26.3. The van der Waals surface area contributed by atoms with Gasteiger partial charge in [-0.3, -0.25) is 19.9 Å². The number of piperidine rings is 1. The van der Waals surface area contributed by atoms with Crippen molar-refractivity contribution in [1.82, 2.24) is 45.3 Å². The first-order chi connectivity index (χ1) is 22.9. The molecule has 0 atom stereocenters. The van der Waals surface area contributed by atoms with E-state index in [0.717, 1.165) is 54.5 Å². The number of H-pyrrole nitrogens is 2. The number of anilines is 2. The lowest BCUT2D eigenvalue weighted by Crippen LogP contribution is -2.30. The Morgan fingerprint density at radius 1 is 1.00 bits per heavy atom. The number of fused-ring (bicyclic) bond motifs is 2. The molecule has 2 aromatic carbocycles. The third-order valence-corrected chi connectivity index (χ3v) is 8.38. The molecule has 1 amide bonds. The fourth-order valence-electron chi connectivity index (χ4n) is 5.97. The number of hydrogen-bond acceptors (Lipinski definition) is 9. The number of benzene rings is 2. The van der Waals surface area contributed by atoms with Gasteiger partial charge in [0.05, 0.1) is 34.8 Å². The first-order valence-electron chi connectivity index (χ1n) is 15.8. The molecule has 12 nitrogen and oxygen atoms in total. The number of aromatic amines is 2. The molecular weight excluding hydrogens is 597 g/mol. The van der Waals surface area contributed by atoms with Crippen molar-refractivity contribution in [3.63, 3.8) is 0 Å². The summed E-state index contributed by atoms with van der Waals surface area (Å²) in [7, 11) is 3.99. The van der Waals surface area contributed by atoms with Crippen LogP contribution in [0.15, 0.2) is 61.1 Å². The molecule has 0 aliphatic carbocycles. The van der Waals surface area contributed by atoms with Crippen LogP contribution in [0.5, 0.6) is 0 Å². The lowest BCUT2D eigenvalue weighted by molar-refractivity contribution is -0.117. The minimum absolute atomic E-state index is 0.0512. The highest BCUT2D eigenvalue weighted by Crippen LogP contribution is 2.33. The molecule has 1 saturated heterocycles. The van der Waals surface area contributed by atoms with Gasteiger partial charge < -0.3 is 25.8 Å². The van der Waals surface area contributed by atoms with E-state index in [1.54, 1.807) is 18.6 Å². The van der Waals surface area contributed by atoms with Crippen molar-refractivity contribution in [2.24, 2.45) is 5.92 Å². The van der Waals surface area contributed by atoms with E-state index in [2.05, 4.69) is 51.0 Å². The van der Waals surface area contributed by atoms with E-state index in [-0.39, 0.29) is 11.7 Å². The minimum Gasteiger partial charge on any atom is -0.384 e. The molecule has 47 heavy (non-hydrogen) atoms. The number of halogens is 1. The monoisotopic (exact) mass is 633 g/mol. The standard InChI is InChI=1S/C34H36FN11O/c1-46(2)12-11-38-24-15-22(14-23(35)17-24)31-33-27(7-10-39-31)41-34(43-33)32-25-16-21(3-4-26(25)44-45-32)28-18-37-19-29(40-28)42-30(47)13-20-5-8-36-9-6-20/h3-4,7,10,14-20,36,38H,5-6,8-9,11-13H2,1-2H3,(H,41,43)(H,44,45)(H,40,42,47). The normalized spacial score (nSPS) is 13.9. The highest BCUT2D eigenvalue weighted by molar-refractivity contribution is 5.97. The van der Waals surface area contributed by atoms with Crippen LogP contribution in [-0.4, -0.2) is 86.2 Å². The summed E-state index contributed by atoms with van der Waals surface area (Å²) in [5, 5.41) is 18.0. The van der Waals surface area contributed by atoms with E-state index in [1.165, 1.54) is 12.1 Å². The average Bonchev–Trinajstić information content (AvgIpc) is 3.69. The largest absolute Gasteiger partial charge is 0.384 e. The van der Waals surface area contributed by atoms with Gasteiger partial charge in [0.2, 0.25) is 5.91 Å². The average molecular weight is 634 g/mol. The van der Waals surface area contributed by atoms with Crippen LogP contribution >= 0.6 is 0 Å². The molecule has 0 spiro atoms. The molecule has 5 N–H and O–H groups in total. The van der Waals surface area contributed by atoms with Gasteiger partial charge in [0.15, 0.2) is 11.6 Å². The molecule has 13 heteroatoms. The number of rotatable bonds is 10. The van der Waals surface area contributed by atoms with E-state index >= 15 is 0 Å². The molecule has 7 rings (SSSR count). The Kier molecular flexibility index (Phi) is 8.55. The molecule has 6 aromatic rings. The molecule has 1 aliphatic rings. The van der Waals surface area contributed by atoms with Crippen molar-refractivity contribution < 1.29 is 9.18 Å². The Labute approximate surface area is 270 Å². The van der Waals surface area contributed by atoms with E-state index < -0.39 is 0 Å². The highest BCUT2D eigenvalue weighted by atomic mass is 19.1. The zero-order chi connectivity index (χ0) is 32.3. The molecule has 0 bridgehead atoms. The summed E-state index contributed by atoms with van der Waals surface area (Å²) >= 11 is 0. The predicted octanol–water partition coefficient (Wildman–Crippen LogP) is 5.07. The topological polar surface area (TPSA) is 152 Å². The van der Waals surface area contributed by atoms with Gasteiger partial charge in [0.1, 0.15) is 17.0 Å². The number of pyridine rings is 1. The molecule has 0 radical (unpaired) electrons. The van der Waals surface area contributed by atoms with Crippen LogP contribution in [0.3, 0.4) is 0 Å². The van der Waals surface area contributed by atoms with Crippen LogP contribution in [0.2, 0.25) is 0 Å². The molecule has 0 saturated carbocycles. The van der Waals surface area contributed by atoms with Crippen LogP contribution in [0, 0.1) is 11.7 Å². The first-order valence-corrected chi connectivity index (χ1v) is 15.8.